The zero-order chi connectivity index (χ0) is 15.2. The van der Waals surface area contributed by atoms with Gasteiger partial charge in [0.1, 0.15) is 0 Å². The van der Waals surface area contributed by atoms with Crippen molar-refractivity contribution in [2.24, 2.45) is 5.92 Å². The molecule has 0 bridgehead atoms. The first kappa shape index (κ1) is 15.9. The van der Waals surface area contributed by atoms with Gasteiger partial charge in [-0.1, -0.05) is 20.3 Å². The smallest absolute Gasteiger partial charge is 0.254 e. The fourth-order valence-corrected chi connectivity index (χ4v) is 3.11. The second-order valence-corrected chi connectivity index (χ2v) is 6.15. The molecule has 21 heavy (non-hydrogen) atoms. The van der Waals surface area contributed by atoms with Gasteiger partial charge in [-0.25, -0.2) is 0 Å². The average Bonchev–Trinajstić information content (AvgIpc) is 2.93. The molecule has 1 aliphatic rings. The van der Waals surface area contributed by atoms with E-state index >= 15 is 0 Å². The molecule has 0 saturated carbocycles. The van der Waals surface area contributed by atoms with E-state index in [4.69, 9.17) is 0 Å². The average molecular weight is 288 g/mol. The Morgan fingerprint density at radius 3 is 2.81 bits per heavy atom. The number of rotatable bonds is 6. The van der Waals surface area contributed by atoms with Crippen molar-refractivity contribution in [3.05, 3.63) is 29.3 Å². The second kappa shape index (κ2) is 7.48. The van der Waals surface area contributed by atoms with E-state index in [9.17, 15) is 4.79 Å². The van der Waals surface area contributed by atoms with E-state index in [-0.39, 0.29) is 5.91 Å². The summed E-state index contributed by atoms with van der Waals surface area (Å²) in [6.07, 6.45) is 4.72. The van der Waals surface area contributed by atoms with Gasteiger partial charge in [0.15, 0.2) is 0 Å². The molecule has 1 unspecified atom stereocenters. The Morgan fingerprint density at radius 2 is 2.14 bits per heavy atom. The fourth-order valence-electron chi connectivity index (χ4n) is 3.11. The number of amides is 1. The maximum atomic E-state index is 12.6. The first-order valence-electron chi connectivity index (χ1n) is 8.29. The number of nitrogens with zero attached hydrogens (tertiary/aromatic N) is 1. The largest absolute Gasteiger partial charge is 0.385 e. The summed E-state index contributed by atoms with van der Waals surface area (Å²) in [5, 5.41) is 3.37. The van der Waals surface area contributed by atoms with Gasteiger partial charge in [0, 0.05) is 30.9 Å². The van der Waals surface area contributed by atoms with E-state index in [2.05, 4.69) is 25.2 Å². The molecule has 1 aliphatic heterocycles. The highest BCUT2D eigenvalue weighted by atomic mass is 16.2. The van der Waals surface area contributed by atoms with Crippen LogP contribution in [-0.4, -0.2) is 30.4 Å². The summed E-state index contributed by atoms with van der Waals surface area (Å²) in [4.78, 5) is 14.7. The standard InChI is InChI=1S/C18H28N2O/c1-4-6-15-9-11-20(13-15)18(21)17-8-7-16(12-14(17)3)19-10-5-2/h7-8,12,15,19H,4-6,9-11,13H2,1-3H3. The molecule has 116 valence electrons. The van der Waals surface area contributed by atoms with Crippen molar-refractivity contribution < 1.29 is 4.79 Å². The molecule has 0 radical (unpaired) electrons. The third kappa shape index (κ3) is 3.99. The lowest BCUT2D eigenvalue weighted by Crippen LogP contribution is -2.29. The van der Waals surface area contributed by atoms with Gasteiger partial charge in [-0.15, -0.1) is 0 Å². The normalized spacial score (nSPS) is 18.0. The Hall–Kier alpha value is -1.51. The number of carbonyl (C=O) groups is 1. The molecule has 1 heterocycles. The maximum Gasteiger partial charge on any atom is 0.254 e. The molecule has 0 spiro atoms. The van der Waals surface area contributed by atoms with Gasteiger partial charge in [-0.05, 0) is 55.9 Å². The van der Waals surface area contributed by atoms with E-state index in [1.807, 2.05) is 24.0 Å². The molecule has 3 heteroatoms. The van der Waals surface area contributed by atoms with E-state index in [1.54, 1.807) is 0 Å². The topological polar surface area (TPSA) is 32.3 Å². The predicted molar refractivity (Wildman–Crippen MR) is 88.9 cm³/mol. The van der Waals surface area contributed by atoms with Crippen LogP contribution in [0.3, 0.4) is 0 Å². The molecule has 2 rings (SSSR count). The van der Waals surface area contributed by atoms with Crippen LogP contribution in [0, 0.1) is 12.8 Å². The van der Waals surface area contributed by atoms with E-state index in [1.165, 1.54) is 12.8 Å². The van der Waals surface area contributed by atoms with Crippen LogP contribution in [0.4, 0.5) is 5.69 Å². The predicted octanol–water partition coefficient (Wildman–Crippen LogP) is 4.08. The number of carbonyl (C=O) groups excluding carboxylic acids is 1. The van der Waals surface area contributed by atoms with Gasteiger partial charge < -0.3 is 10.2 Å². The first-order chi connectivity index (χ1) is 10.2. The van der Waals surface area contributed by atoms with Crippen molar-refractivity contribution >= 4 is 11.6 Å². The molecule has 1 atom stereocenters. The maximum absolute atomic E-state index is 12.6. The van der Waals surface area contributed by atoms with Gasteiger partial charge >= 0.3 is 0 Å². The zero-order valence-electron chi connectivity index (χ0n) is 13.6. The minimum Gasteiger partial charge on any atom is -0.385 e. The Balaban J connectivity index is 2.02. The van der Waals surface area contributed by atoms with Gasteiger partial charge in [-0.3, -0.25) is 4.79 Å². The van der Waals surface area contributed by atoms with Crippen molar-refractivity contribution in [3.8, 4) is 0 Å². The summed E-state index contributed by atoms with van der Waals surface area (Å²) in [5.74, 6) is 0.901. The summed E-state index contributed by atoms with van der Waals surface area (Å²) in [6, 6.07) is 6.08. The van der Waals surface area contributed by atoms with Crippen molar-refractivity contribution in [3.63, 3.8) is 0 Å². The Kier molecular flexibility index (Phi) is 5.66. The van der Waals surface area contributed by atoms with Gasteiger partial charge in [0.25, 0.3) is 5.91 Å². The summed E-state index contributed by atoms with van der Waals surface area (Å²) in [5.41, 5.74) is 3.03. The number of aryl methyl sites for hydroxylation is 1. The molecule has 3 nitrogen and oxygen atoms in total. The van der Waals surface area contributed by atoms with Crippen LogP contribution in [0.1, 0.15) is 55.5 Å². The third-order valence-corrected chi connectivity index (χ3v) is 4.31. The van der Waals surface area contributed by atoms with Gasteiger partial charge in [-0.2, -0.15) is 0 Å². The zero-order valence-corrected chi connectivity index (χ0v) is 13.6. The first-order valence-corrected chi connectivity index (χ1v) is 8.29. The lowest BCUT2D eigenvalue weighted by Gasteiger charge is -2.18. The van der Waals surface area contributed by atoms with Crippen LogP contribution in [0.15, 0.2) is 18.2 Å². The van der Waals surface area contributed by atoms with Gasteiger partial charge in [0.2, 0.25) is 0 Å². The molecule has 1 aromatic rings. The SMILES string of the molecule is CCCNc1ccc(C(=O)N2CCC(CCC)C2)c(C)c1. The highest BCUT2D eigenvalue weighted by Crippen LogP contribution is 2.24. The molecule has 1 fully saturated rings. The van der Waals surface area contributed by atoms with Crippen molar-refractivity contribution in [2.75, 3.05) is 25.0 Å². The lowest BCUT2D eigenvalue weighted by molar-refractivity contribution is 0.0786. The summed E-state index contributed by atoms with van der Waals surface area (Å²) < 4.78 is 0. The molecule has 1 saturated heterocycles. The van der Waals surface area contributed by atoms with Crippen LogP contribution in [0.5, 0.6) is 0 Å². The monoisotopic (exact) mass is 288 g/mol. The highest BCUT2D eigenvalue weighted by Gasteiger charge is 2.26. The van der Waals surface area contributed by atoms with Gasteiger partial charge in [0.05, 0.1) is 0 Å². The molecule has 1 aromatic carbocycles. The minimum atomic E-state index is 0.202. The summed E-state index contributed by atoms with van der Waals surface area (Å²) in [7, 11) is 0. The Bertz CT molecular complexity index is 484. The van der Waals surface area contributed by atoms with Crippen LogP contribution in [-0.2, 0) is 0 Å². The Morgan fingerprint density at radius 1 is 1.33 bits per heavy atom. The molecular formula is C18H28N2O. The minimum absolute atomic E-state index is 0.202. The highest BCUT2D eigenvalue weighted by molar-refractivity contribution is 5.96. The number of anilines is 1. The van der Waals surface area contributed by atoms with Crippen LogP contribution < -0.4 is 5.32 Å². The summed E-state index contributed by atoms with van der Waals surface area (Å²) >= 11 is 0. The molecule has 0 aliphatic carbocycles. The summed E-state index contributed by atoms with van der Waals surface area (Å²) in [6.45, 7) is 9.22. The van der Waals surface area contributed by atoms with Crippen molar-refractivity contribution in [1.82, 2.24) is 4.90 Å². The number of hydrogen-bond donors (Lipinski definition) is 1. The van der Waals surface area contributed by atoms with Crippen molar-refractivity contribution in [2.45, 2.75) is 46.5 Å². The van der Waals surface area contributed by atoms with E-state index in [0.29, 0.717) is 5.92 Å². The quantitative estimate of drug-likeness (QED) is 0.855. The van der Waals surface area contributed by atoms with E-state index < -0.39 is 0 Å². The number of likely N-dealkylation sites (tertiary alicyclic amines) is 1. The Labute approximate surface area is 128 Å². The van der Waals surface area contributed by atoms with Crippen LogP contribution >= 0.6 is 0 Å². The molecule has 1 N–H and O–H groups in total. The molecular weight excluding hydrogens is 260 g/mol. The van der Waals surface area contributed by atoms with Crippen LogP contribution in [0.2, 0.25) is 0 Å². The molecule has 0 aromatic heterocycles. The van der Waals surface area contributed by atoms with Crippen LogP contribution in [0.25, 0.3) is 0 Å². The number of benzene rings is 1. The number of nitrogens with one attached hydrogen (secondary N) is 1. The van der Waals surface area contributed by atoms with Crippen molar-refractivity contribution in [1.29, 1.82) is 0 Å². The third-order valence-electron chi connectivity index (χ3n) is 4.31. The second-order valence-electron chi connectivity index (χ2n) is 6.15. The fraction of sp³-hybridized carbons (Fsp3) is 0.611. The number of hydrogen-bond acceptors (Lipinski definition) is 2. The van der Waals surface area contributed by atoms with E-state index in [0.717, 1.165) is 49.3 Å². The molecule has 1 amide bonds. The lowest BCUT2D eigenvalue weighted by atomic mass is 10.0.